The fourth-order valence-corrected chi connectivity index (χ4v) is 5.21. The van der Waals surface area contributed by atoms with E-state index in [4.69, 9.17) is 4.74 Å². The number of fused-ring (bicyclic) bond motifs is 4. The fourth-order valence-electron chi connectivity index (χ4n) is 5.21. The Bertz CT molecular complexity index is 1560. The van der Waals surface area contributed by atoms with Crippen molar-refractivity contribution in [3.05, 3.63) is 95.6 Å². The zero-order valence-corrected chi connectivity index (χ0v) is 24.9. The first kappa shape index (κ1) is 32.5. The van der Waals surface area contributed by atoms with Gasteiger partial charge in [-0.25, -0.2) is 0 Å². The molecule has 3 atom stereocenters. The molecule has 4 bridgehead atoms. The van der Waals surface area contributed by atoms with Gasteiger partial charge in [-0.15, -0.1) is 0 Å². The topological polar surface area (TPSA) is 126 Å². The summed E-state index contributed by atoms with van der Waals surface area (Å²) in [5.74, 6) is -1.96. The zero-order chi connectivity index (χ0) is 32.7. The summed E-state index contributed by atoms with van der Waals surface area (Å²) >= 11 is 0. The number of hydrogen-bond acceptors (Lipinski definition) is 5. The summed E-state index contributed by atoms with van der Waals surface area (Å²) in [5.41, 5.74) is 2.13. The van der Waals surface area contributed by atoms with E-state index in [-0.39, 0.29) is 31.1 Å². The number of carbonyl (C=O) groups excluding carboxylic acids is 4. The highest BCUT2D eigenvalue weighted by Gasteiger charge is 2.35. The summed E-state index contributed by atoms with van der Waals surface area (Å²) in [4.78, 5) is 53.4. The summed E-state index contributed by atoms with van der Waals surface area (Å²) in [6.07, 6.45) is -2.74. The first-order valence-corrected chi connectivity index (χ1v) is 15.2. The quantitative estimate of drug-likeness (QED) is 0.315. The highest BCUT2D eigenvalue weighted by molar-refractivity contribution is 5.95. The molecule has 0 saturated heterocycles. The first-order valence-electron chi connectivity index (χ1n) is 15.2. The van der Waals surface area contributed by atoms with Crippen molar-refractivity contribution in [3.63, 3.8) is 0 Å². The van der Waals surface area contributed by atoms with Gasteiger partial charge in [0, 0.05) is 18.8 Å². The standard InChI is InChI=1S/C34H35F3N4O5/c35-34(36,37)20-38-31(43)28-18-22-8-4-10-25(16-22)46-26-11-5-9-23(17-26)19-29(40-30(42)24-13-14-24)33(45)39-27(32(44)41-28)15-12-21-6-2-1-3-7-21/h1-11,16-17,24,27-29H,12-15,18-20H2,(H,38,43)(H,39,45)(H,40,42)(H,41,44)/t27-,28?,29-/m0/s1. The normalized spacial score (nSPS) is 20.5. The maximum atomic E-state index is 13.8. The van der Waals surface area contributed by atoms with Gasteiger partial charge in [0.25, 0.3) is 0 Å². The molecule has 1 aliphatic heterocycles. The van der Waals surface area contributed by atoms with E-state index in [0.29, 0.717) is 29.0 Å². The van der Waals surface area contributed by atoms with Crippen molar-refractivity contribution >= 4 is 23.6 Å². The minimum atomic E-state index is -4.66. The number of alkyl halides is 3. The Balaban J connectivity index is 1.49. The van der Waals surface area contributed by atoms with E-state index in [9.17, 15) is 32.3 Å². The van der Waals surface area contributed by atoms with Gasteiger partial charge >= 0.3 is 6.18 Å². The monoisotopic (exact) mass is 636 g/mol. The Morgan fingerprint density at radius 3 is 2.09 bits per heavy atom. The molecule has 12 heteroatoms. The van der Waals surface area contributed by atoms with Crippen LogP contribution in [-0.4, -0.2) is 54.5 Å². The van der Waals surface area contributed by atoms with Crippen LogP contribution in [0.1, 0.15) is 36.0 Å². The summed E-state index contributed by atoms with van der Waals surface area (Å²) in [6, 6.07) is 19.4. The summed E-state index contributed by atoms with van der Waals surface area (Å²) in [5, 5.41) is 10.0. The molecule has 1 heterocycles. The van der Waals surface area contributed by atoms with Gasteiger partial charge in [0.1, 0.15) is 36.2 Å². The maximum Gasteiger partial charge on any atom is 0.405 e. The molecular weight excluding hydrogens is 601 g/mol. The van der Waals surface area contributed by atoms with E-state index < -0.39 is 48.6 Å². The van der Waals surface area contributed by atoms with Gasteiger partial charge in [-0.2, -0.15) is 13.2 Å². The van der Waals surface area contributed by atoms with Crippen LogP contribution < -0.4 is 26.0 Å². The Morgan fingerprint density at radius 2 is 1.46 bits per heavy atom. The maximum absolute atomic E-state index is 13.8. The molecule has 9 nitrogen and oxygen atoms in total. The number of hydrogen-bond donors (Lipinski definition) is 4. The number of ether oxygens (including phenoxy) is 1. The molecule has 0 aromatic heterocycles. The third-order valence-electron chi connectivity index (χ3n) is 7.79. The zero-order valence-electron chi connectivity index (χ0n) is 24.9. The molecule has 2 aliphatic rings. The van der Waals surface area contributed by atoms with Gasteiger partial charge in [0.05, 0.1) is 0 Å². The van der Waals surface area contributed by atoms with Crippen molar-refractivity contribution in [2.45, 2.75) is 62.8 Å². The average molecular weight is 637 g/mol. The van der Waals surface area contributed by atoms with E-state index in [1.807, 2.05) is 35.6 Å². The highest BCUT2D eigenvalue weighted by atomic mass is 19.4. The lowest BCUT2D eigenvalue weighted by molar-refractivity contribution is -0.141. The van der Waals surface area contributed by atoms with Gasteiger partial charge in [0.15, 0.2) is 0 Å². The number of halogens is 3. The van der Waals surface area contributed by atoms with Crippen molar-refractivity contribution in [2.75, 3.05) is 6.54 Å². The summed E-state index contributed by atoms with van der Waals surface area (Å²) in [6.45, 7) is -1.58. The molecule has 0 radical (unpaired) electrons. The van der Waals surface area contributed by atoms with Crippen molar-refractivity contribution in [1.82, 2.24) is 21.3 Å². The van der Waals surface area contributed by atoms with Crippen molar-refractivity contribution < 1.29 is 37.1 Å². The molecule has 3 aromatic carbocycles. The predicted octanol–water partition coefficient (Wildman–Crippen LogP) is 3.75. The highest BCUT2D eigenvalue weighted by Crippen LogP contribution is 2.29. The van der Waals surface area contributed by atoms with Crippen molar-refractivity contribution in [2.24, 2.45) is 5.92 Å². The van der Waals surface area contributed by atoms with Gasteiger partial charge < -0.3 is 26.0 Å². The lowest BCUT2D eigenvalue weighted by Gasteiger charge is -2.26. The average Bonchev–Trinajstić information content (AvgIpc) is 3.87. The molecule has 1 unspecified atom stereocenters. The molecule has 1 aliphatic carbocycles. The van der Waals surface area contributed by atoms with Gasteiger partial charge in [0.2, 0.25) is 23.6 Å². The van der Waals surface area contributed by atoms with Gasteiger partial charge in [-0.1, -0.05) is 54.6 Å². The van der Waals surface area contributed by atoms with E-state index in [1.165, 1.54) is 0 Å². The van der Waals surface area contributed by atoms with Crippen LogP contribution in [0.2, 0.25) is 0 Å². The van der Waals surface area contributed by atoms with Crippen LogP contribution in [0.3, 0.4) is 0 Å². The van der Waals surface area contributed by atoms with Crippen molar-refractivity contribution in [1.29, 1.82) is 0 Å². The van der Waals surface area contributed by atoms with Crippen LogP contribution in [0.15, 0.2) is 78.9 Å². The second-order valence-corrected chi connectivity index (χ2v) is 11.6. The molecule has 0 spiro atoms. The largest absolute Gasteiger partial charge is 0.457 e. The minimum absolute atomic E-state index is 0.108. The van der Waals surface area contributed by atoms with Gasteiger partial charge in [-0.3, -0.25) is 19.2 Å². The molecule has 46 heavy (non-hydrogen) atoms. The third-order valence-corrected chi connectivity index (χ3v) is 7.79. The van der Waals surface area contributed by atoms with E-state index in [2.05, 4.69) is 16.0 Å². The third kappa shape index (κ3) is 9.56. The Morgan fingerprint density at radius 1 is 0.804 bits per heavy atom. The fraction of sp³-hybridized carbons (Fsp3) is 0.353. The molecule has 5 rings (SSSR count). The minimum Gasteiger partial charge on any atom is -0.457 e. The molecular formula is C34H35F3N4O5. The molecule has 3 aromatic rings. The number of aryl methyl sites for hydroxylation is 1. The number of rotatable bonds is 7. The lowest BCUT2D eigenvalue weighted by Crippen LogP contribution is -2.58. The summed E-state index contributed by atoms with van der Waals surface area (Å²) < 4.78 is 45.0. The van der Waals surface area contributed by atoms with Crippen LogP contribution in [0.4, 0.5) is 13.2 Å². The first-order chi connectivity index (χ1) is 22.0. The predicted molar refractivity (Wildman–Crippen MR) is 163 cm³/mol. The Kier molecular flexibility index (Phi) is 10.2. The number of carbonyl (C=O) groups is 4. The SMILES string of the molecule is O=C(N[C@H]1Cc2cccc(c2)Oc2cccc(c2)CC(C(=O)NCC(F)(F)F)NC(=O)[C@H](CCc2ccccc2)NC1=O)C1CC1. The summed E-state index contributed by atoms with van der Waals surface area (Å²) in [7, 11) is 0. The second-order valence-electron chi connectivity index (χ2n) is 11.6. The lowest BCUT2D eigenvalue weighted by atomic mass is 10.0. The molecule has 1 fully saturated rings. The molecule has 4 N–H and O–H groups in total. The number of amides is 4. The van der Waals surface area contributed by atoms with E-state index in [1.54, 1.807) is 48.5 Å². The van der Waals surface area contributed by atoms with E-state index >= 15 is 0 Å². The van der Waals surface area contributed by atoms with Crippen LogP contribution in [-0.2, 0) is 38.4 Å². The smallest absolute Gasteiger partial charge is 0.405 e. The van der Waals surface area contributed by atoms with Crippen LogP contribution in [0, 0.1) is 5.92 Å². The molecule has 1 saturated carbocycles. The molecule has 4 amide bonds. The van der Waals surface area contributed by atoms with Crippen LogP contribution >= 0.6 is 0 Å². The number of benzene rings is 3. The Labute approximate surface area is 264 Å². The number of nitrogens with one attached hydrogen (secondary N) is 4. The van der Waals surface area contributed by atoms with E-state index in [0.717, 1.165) is 18.4 Å². The molecule has 242 valence electrons. The van der Waals surface area contributed by atoms with Gasteiger partial charge in [-0.05, 0) is 66.6 Å². The van der Waals surface area contributed by atoms with Crippen molar-refractivity contribution in [3.8, 4) is 11.5 Å². The van der Waals surface area contributed by atoms with Crippen LogP contribution in [0.5, 0.6) is 11.5 Å². The van der Waals surface area contributed by atoms with Crippen LogP contribution in [0.25, 0.3) is 0 Å². The second kappa shape index (κ2) is 14.5. The Hall–Kier alpha value is -4.87.